The maximum Gasteiger partial charge on any atom is 0.187 e. The van der Waals surface area contributed by atoms with Crippen molar-refractivity contribution in [1.82, 2.24) is 30.0 Å². The first-order valence-corrected chi connectivity index (χ1v) is 12.0. The molecular formula is C24H31N7OS. The van der Waals surface area contributed by atoms with Gasteiger partial charge in [-0.25, -0.2) is 15.0 Å². The lowest BCUT2D eigenvalue weighted by Crippen LogP contribution is -2.61. The van der Waals surface area contributed by atoms with Gasteiger partial charge < -0.3 is 15.0 Å². The second-order valence-corrected chi connectivity index (χ2v) is 11.3. The van der Waals surface area contributed by atoms with Crippen molar-refractivity contribution in [3.63, 3.8) is 0 Å². The zero-order valence-electron chi connectivity index (χ0n) is 20.3. The molecule has 5 rings (SSSR count). The Kier molecular flexibility index (Phi) is 5.10. The first-order chi connectivity index (χ1) is 15.5. The lowest BCUT2D eigenvalue weighted by Gasteiger charge is -2.48. The van der Waals surface area contributed by atoms with Gasteiger partial charge in [0.15, 0.2) is 11.0 Å². The molecule has 1 aromatic carbocycles. The Labute approximate surface area is 198 Å². The summed E-state index contributed by atoms with van der Waals surface area (Å²) in [5, 5.41) is 10.2. The number of hydrogen-bond acceptors (Lipinski definition) is 8. The van der Waals surface area contributed by atoms with Crippen molar-refractivity contribution < 1.29 is 4.74 Å². The van der Waals surface area contributed by atoms with E-state index in [1.807, 2.05) is 25.5 Å². The molecule has 0 aliphatic carbocycles. The topological polar surface area (TPSA) is 81.0 Å². The smallest absolute Gasteiger partial charge is 0.187 e. The van der Waals surface area contributed by atoms with Crippen molar-refractivity contribution in [2.24, 2.45) is 7.05 Å². The molecule has 3 aromatic heterocycles. The highest BCUT2D eigenvalue weighted by Crippen LogP contribution is 2.36. The minimum absolute atomic E-state index is 0.0777. The lowest BCUT2D eigenvalue weighted by molar-refractivity contribution is 0.161. The molecule has 8 nitrogen and oxygen atoms in total. The van der Waals surface area contributed by atoms with Crippen molar-refractivity contribution in [3.05, 3.63) is 24.5 Å². The number of aryl methyl sites for hydroxylation is 1. The van der Waals surface area contributed by atoms with Crippen LogP contribution in [0.4, 0.5) is 5.13 Å². The van der Waals surface area contributed by atoms with Gasteiger partial charge in [0.25, 0.3) is 0 Å². The summed E-state index contributed by atoms with van der Waals surface area (Å²) < 4.78 is 7.36. The van der Waals surface area contributed by atoms with E-state index in [1.54, 1.807) is 23.1 Å². The van der Waals surface area contributed by atoms with Gasteiger partial charge in [-0.05, 0) is 52.7 Å². The summed E-state index contributed by atoms with van der Waals surface area (Å²) in [4.78, 5) is 17.6. The zero-order chi connectivity index (χ0) is 23.5. The highest BCUT2D eigenvalue weighted by molar-refractivity contribution is 7.21. The maximum absolute atomic E-state index is 5.57. The number of rotatable bonds is 4. The van der Waals surface area contributed by atoms with Gasteiger partial charge >= 0.3 is 0 Å². The average molecular weight is 466 g/mol. The fraction of sp³-hybridized carbons (Fsp3) is 0.500. The van der Waals surface area contributed by atoms with E-state index in [1.165, 1.54) is 0 Å². The zero-order valence-corrected chi connectivity index (χ0v) is 21.1. The second-order valence-electron chi connectivity index (χ2n) is 10.4. The molecule has 1 saturated heterocycles. The molecule has 0 unspecified atom stereocenters. The number of piperidine rings is 1. The minimum atomic E-state index is 0.0777. The molecule has 33 heavy (non-hydrogen) atoms. The quantitative estimate of drug-likeness (QED) is 0.479. The van der Waals surface area contributed by atoms with E-state index in [0.717, 1.165) is 44.8 Å². The van der Waals surface area contributed by atoms with E-state index >= 15 is 0 Å². The summed E-state index contributed by atoms with van der Waals surface area (Å²) in [6, 6.07) is 4.41. The van der Waals surface area contributed by atoms with Crippen molar-refractivity contribution >= 4 is 37.7 Å². The number of hydrogen-bond donors (Lipinski definition) is 1. The number of methoxy groups -OCH3 is 1. The van der Waals surface area contributed by atoms with Crippen LogP contribution in [-0.2, 0) is 7.05 Å². The number of nitrogens with zero attached hydrogens (tertiary/aromatic N) is 6. The third kappa shape index (κ3) is 4.15. The molecule has 4 aromatic rings. The molecule has 0 amide bonds. The van der Waals surface area contributed by atoms with Crippen LogP contribution in [0.15, 0.2) is 24.5 Å². The summed E-state index contributed by atoms with van der Waals surface area (Å²) in [6.07, 6.45) is 5.92. The fourth-order valence-electron chi connectivity index (χ4n) is 5.22. The van der Waals surface area contributed by atoms with Crippen LogP contribution < -0.4 is 15.0 Å². The fourth-order valence-corrected chi connectivity index (χ4v) is 6.16. The van der Waals surface area contributed by atoms with Gasteiger partial charge in [-0.3, -0.25) is 4.68 Å². The Bertz CT molecular complexity index is 1320. The number of thiazole rings is 1. The van der Waals surface area contributed by atoms with Crippen LogP contribution in [0.25, 0.3) is 32.6 Å². The summed E-state index contributed by atoms with van der Waals surface area (Å²) in [6.45, 7) is 9.10. The van der Waals surface area contributed by atoms with Gasteiger partial charge in [0.1, 0.15) is 21.6 Å². The van der Waals surface area contributed by atoms with Gasteiger partial charge in [-0.2, -0.15) is 5.10 Å². The van der Waals surface area contributed by atoms with Crippen LogP contribution in [0, 0.1) is 0 Å². The predicted molar refractivity (Wildman–Crippen MR) is 134 cm³/mol. The minimum Gasteiger partial charge on any atom is -0.494 e. The van der Waals surface area contributed by atoms with Crippen molar-refractivity contribution in [2.75, 3.05) is 19.1 Å². The van der Waals surface area contributed by atoms with E-state index in [9.17, 15) is 0 Å². The Balaban J connectivity index is 1.49. The number of anilines is 1. The van der Waals surface area contributed by atoms with Gasteiger partial charge in [-0.1, -0.05) is 11.3 Å². The molecular weight excluding hydrogens is 434 g/mol. The molecule has 174 valence electrons. The van der Waals surface area contributed by atoms with E-state index in [0.29, 0.717) is 17.6 Å². The highest BCUT2D eigenvalue weighted by Gasteiger charge is 2.39. The second kappa shape index (κ2) is 7.63. The average Bonchev–Trinajstić information content (AvgIpc) is 3.31. The van der Waals surface area contributed by atoms with Gasteiger partial charge in [-0.15, -0.1) is 0 Å². The Morgan fingerprint density at radius 2 is 1.88 bits per heavy atom. The predicted octanol–water partition coefficient (Wildman–Crippen LogP) is 4.39. The lowest BCUT2D eigenvalue weighted by atomic mass is 9.79. The molecule has 0 radical (unpaired) electrons. The van der Waals surface area contributed by atoms with Crippen molar-refractivity contribution in [3.8, 4) is 17.1 Å². The van der Waals surface area contributed by atoms with Crippen LogP contribution in [0.5, 0.6) is 5.75 Å². The number of nitrogens with one attached hydrogen (secondary N) is 1. The summed E-state index contributed by atoms with van der Waals surface area (Å²) in [5.74, 6) is 1.38. The maximum atomic E-state index is 5.57. The molecule has 9 heteroatoms. The normalized spacial score (nSPS) is 18.2. The molecule has 1 aliphatic rings. The molecule has 1 fully saturated rings. The van der Waals surface area contributed by atoms with Crippen LogP contribution in [0.3, 0.4) is 0 Å². The van der Waals surface area contributed by atoms with E-state index in [-0.39, 0.29) is 11.1 Å². The Morgan fingerprint density at radius 3 is 2.58 bits per heavy atom. The van der Waals surface area contributed by atoms with E-state index in [2.05, 4.69) is 61.1 Å². The summed E-state index contributed by atoms with van der Waals surface area (Å²) >= 11 is 1.62. The van der Waals surface area contributed by atoms with Crippen LogP contribution in [0.1, 0.15) is 40.5 Å². The Hall–Kier alpha value is -2.78. The number of benzene rings is 1. The Morgan fingerprint density at radius 1 is 1.15 bits per heavy atom. The van der Waals surface area contributed by atoms with Crippen LogP contribution in [0.2, 0.25) is 0 Å². The SMILES string of the molecule is COc1cc(-c2ncc3nc(N(C)C4CC(C)(C)NC(C)(C)C4)sc3n2)cc2cn(C)nc12. The van der Waals surface area contributed by atoms with Crippen molar-refractivity contribution in [2.45, 2.75) is 57.7 Å². The molecule has 0 saturated carbocycles. The molecule has 1 N–H and O–H groups in total. The number of fused-ring (bicyclic) bond motifs is 2. The van der Waals surface area contributed by atoms with Gasteiger partial charge in [0.05, 0.1) is 13.3 Å². The monoisotopic (exact) mass is 465 g/mol. The first-order valence-electron chi connectivity index (χ1n) is 11.2. The molecule has 0 atom stereocenters. The largest absolute Gasteiger partial charge is 0.494 e. The van der Waals surface area contributed by atoms with Gasteiger partial charge in [0.2, 0.25) is 0 Å². The van der Waals surface area contributed by atoms with E-state index in [4.69, 9.17) is 14.7 Å². The van der Waals surface area contributed by atoms with Crippen molar-refractivity contribution in [1.29, 1.82) is 0 Å². The number of ether oxygens (including phenoxy) is 1. The third-order valence-electron chi connectivity index (χ3n) is 6.32. The number of aromatic nitrogens is 5. The first kappa shape index (κ1) is 22.0. The summed E-state index contributed by atoms with van der Waals surface area (Å²) in [7, 11) is 5.71. The molecule has 0 spiro atoms. The molecule has 1 aliphatic heterocycles. The molecule has 0 bridgehead atoms. The van der Waals surface area contributed by atoms with Crippen LogP contribution >= 0.6 is 11.3 Å². The third-order valence-corrected chi connectivity index (χ3v) is 7.38. The van der Waals surface area contributed by atoms with E-state index < -0.39 is 0 Å². The van der Waals surface area contributed by atoms with Gasteiger partial charge in [0, 0.05) is 48.4 Å². The standard InChI is InChI=1S/C24H31N7OS/c1-23(2)10-16(11-24(3,4)29-23)31(6)22-26-17-12-25-20(27-21(17)33-22)14-8-15-13-30(5)28-19(15)18(9-14)32-7/h8-9,12-13,16,29H,10-11H2,1-7H3. The molecule has 4 heterocycles. The van der Waals surface area contributed by atoms with Crippen LogP contribution in [-0.4, -0.2) is 56.0 Å². The summed E-state index contributed by atoms with van der Waals surface area (Å²) in [5.41, 5.74) is 2.72. The highest BCUT2D eigenvalue weighted by atomic mass is 32.1.